The molecule has 0 radical (unpaired) electrons. The van der Waals surface area contributed by atoms with Gasteiger partial charge in [-0.3, -0.25) is 0 Å². The first-order valence-corrected chi connectivity index (χ1v) is 6.75. The highest BCUT2D eigenvalue weighted by Crippen LogP contribution is 2.17. The van der Waals surface area contributed by atoms with E-state index in [1.807, 2.05) is 20.8 Å². The summed E-state index contributed by atoms with van der Waals surface area (Å²) < 4.78 is 5.59. The van der Waals surface area contributed by atoms with Crippen LogP contribution in [0, 0.1) is 5.41 Å². The van der Waals surface area contributed by atoms with Crippen LogP contribution in [0.4, 0.5) is 4.79 Å². The first-order valence-electron chi connectivity index (χ1n) is 6.75. The molecule has 2 atom stereocenters. The second-order valence-corrected chi connectivity index (χ2v) is 5.72. The Morgan fingerprint density at radius 2 is 2.28 bits per heavy atom. The van der Waals surface area contributed by atoms with E-state index in [1.165, 1.54) is 0 Å². The lowest BCUT2D eigenvalue weighted by molar-refractivity contribution is 0.0792. The molecule has 0 aromatic carbocycles. The van der Waals surface area contributed by atoms with Crippen molar-refractivity contribution in [1.29, 1.82) is 0 Å². The predicted molar refractivity (Wildman–Crippen MR) is 70.5 cm³/mol. The zero-order valence-corrected chi connectivity index (χ0v) is 11.7. The first-order chi connectivity index (χ1) is 8.48. The van der Waals surface area contributed by atoms with Crippen LogP contribution in [0.5, 0.6) is 0 Å². The van der Waals surface area contributed by atoms with Crippen molar-refractivity contribution in [2.45, 2.75) is 52.2 Å². The molecule has 2 unspecified atom stereocenters. The third-order valence-corrected chi connectivity index (χ3v) is 3.33. The van der Waals surface area contributed by atoms with Crippen LogP contribution < -0.4 is 10.6 Å². The zero-order chi connectivity index (χ0) is 13.6. The van der Waals surface area contributed by atoms with Crippen LogP contribution >= 0.6 is 0 Å². The van der Waals surface area contributed by atoms with Crippen molar-refractivity contribution in [1.82, 2.24) is 10.6 Å². The minimum Gasteiger partial charge on any atom is -0.396 e. The Kier molecular flexibility index (Phi) is 5.88. The fourth-order valence-corrected chi connectivity index (χ4v) is 1.97. The average molecular weight is 258 g/mol. The van der Waals surface area contributed by atoms with Gasteiger partial charge in [0, 0.05) is 25.2 Å². The van der Waals surface area contributed by atoms with E-state index in [-0.39, 0.29) is 30.2 Å². The zero-order valence-electron chi connectivity index (χ0n) is 11.7. The Balaban J connectivity index is 2.33. The number of carbonyl (C=O) groups excluding carboxylic acids is 1. The first kappa shape index (κ1) is 15.2. The predicted octanol–water partition coefficient (Wildman–Crippen LogP) is 1.26. The minimum absolute atomic E-state index is 0.0518. The Morgan fingerprint density at radius 3 is 2.78 bits per heavy atom. The summed E-state index contributed by atoms with van der Waals surface area (Å²) in [4.78, 5) is 11.8. The number of aliphatic hydroxyl groups is 1. The van der Waals surface area contributed by atoms with Gasteiger partial charge in [0.2, 0.25) is 0 Å². The van der Waals surface area contributed by atoms with Crippen molar-refractivity contribution < 1.29 is 14.6 Å². The molecular weight excluding hydrogens is 232 g/mol. The fraction of sp³-hybridized carbons (Fsp3) is 0.923. The molecule has 0 saturated carbocycles. The molecule has 2 amide bonds. The molecule has 1 heterocycles. The Bertz CT molecular complexity index is 263. The van der Waals surface area contributed by atoms with Crippen molar-refractivity contribution in [2.75, 3.05) is 19.8 Å². The van der Waals surface area contributed by atoms with Crippen LogP contribution in [-0.2, 0) is 4.74 Å². The van der Waals surface area contributed by atoms with Gasteiger partial charge in [-0.25, -0.2) is 4.79 Å². The maximum Gasteiger partial charge on any atom is 0.315 e. The molecule has 1 aliphatic heterocycles. The van der Waals surface area contributed by atoms with Crippen molar-refractivity contribution in [3.63, 3.8) is 0 Å². The summed E-state index contributed by atoms with van der Waals surface area (Å²) in [6, 6.07) is -0.108. The molecule has 106 valence electrons. The highest BCUT2D eigenvalue weighted by molar-refractivity contribution is 5.74. The smallest absolute Gasteiger partial charge is 0.315 e. The van der Waals surface area contributed by atoms with E-state index in [1.54, 1.807) is 0 Å². The van der Waals surface area contributed by atoms with Crippen molar-refractivity contribution in [2.24, 2.45) is 5.41 Å². The Morgan fingerprint density at radius 1 is 1.56 bits per heavy atom. The van der Waals surface area contributed by atoms with Gasteiger partial charge in [0.15, 0.2) is 0 Å². The summed E-state index contributed by atoms with van der Waals surface area (Å²) in [5.41, 5.74) is -0.289. The van der Waals surface area contributed by atoms with E-state index < -0.39 is 0 Å². The van der Waals surface area contributed by atoms with Gasteiger partial charge in [-0.15, -0.1) is 0 Å². The van der Waals surface area contributed by atoms with Gasteiger partial charge in [0.05, 0.1) is 12.1 Å². The van der Waals surface area contributed by atoms with Crippen LogP contribution in [0.15, 0.2) is 0 Å². The molecule has 1 fully saturated rings. The molecular formula is C13H26N2O3. The standard InChI is InChI=1S/C13H26N2O3/c1-4-10(11-6-5-7-18-11)15-12(17)14-8-13(2,3)9-16/h10-11,16H,4-9H2,1-3H3,(H2,14,15,17). The monoisotopic (exact) mass is 258 g/mol. The summed E-state index contributed by atoms with van der Waals surface area (Å²) in [5.74, 6) is 0. The number of urea groups is 1. The highest BCUT2D eigenvalue weighted by Gasteiger charge is 2.26. The molecule has 1 rings (SSSR count). The number of hydrogen-bond donors (Lipinski definition) is 3. The normalized spacial score (nSPS) is 21.7. The molecule has 18 heavy (non-hydrogen) atoms. The van der Waals surface area contributed by atoms with Crippen LogP contribution in [0.3, 0.4) is 0 Å². The molecule has 1 saturated heterocycles. The summed E-state index contributed by atoms with van der Waals surface area (Å²) in [7, 11) is 0. The third-order valence-electron chi connectivity index (χ3n) is 3.33. The van der Waals surface area contributed by atoms with Gasteiger partial charge in [-0.2, -0.15) is 0 Å². The van der Waals surface area contributed by atoms with Gasteiger partial charge < -0.3 is 20.5 Å². The molecule has 0 aromatic rings. The third kappa shape index (κ3) is 4.82. The summed E-state index contributed by atoms with van der Waals surface area (Å²) in [6.07, 6.45) is 3.09. The van der Waals surface area contributed by atoms with E-state index in [9.17, 15) is 4.79 Å². The maximum atomic E-state index is 11.8. The number of ether oxygens (including phenoxy) is 1. The minimum atomic E-state index is -0.289. The number of rotatable bonds is 6. The van der Waals surface area contributed by atoms with Gasteiger partial charge in [0.1, 0.15) is 0 Å². The second-order valence-electron chi connectivity index (χ2n) is 5.72. The van der Waals surface area contributed by atoms with Crippen LogP contribution in [0.2, 0.25) is 0 Å². The molecule has 5 nitrogen and oxygen atoms in total. The fourth-order valence-electron chi connectivity index (χ4n) is 1.97. The van der Waals surface area contributed by atoms with Crippen LogP contribution in [0.1, 0.15) is 40.0 Å². The van der Waals surface area contributed by atoms with Crippen molar-refractivity contribution >= 4 is 6.03 Å². The largest absolute Gasteiger partial charge is 0.396 e. The van der Waals surface area contributed by atoms with Gasteiger partial charge in [-0.1, -0.05) is 20.8 Å². The number of nitrogens with one attached hydrogen (secondary N) is 2. The molecule has 0 aliphatic carbocycles. The number of aliphatic hydroxyl groups excluding tert-OH is 1. The van der Waals surface area contributed by atoms with E-state index in [4.69, 9.17) is 9.84 Å². The lowest BCUT2D eigenvalue weighted by Gasteiger charge is -2.25. The average Bonchev–Trinajstić information content (AvgIpc) is 2.87. The molecule has 3 N–H and O–H groups in total. The topological polar surface area (TPSA) is 70.6 Å². The highest BCUT2D eigenvalue weighted by atomic mass is 16.5. The molecule has 0 aromatic heterocycles. The number of amides is 2. The quantitative estimate of drug-likeness (QED) is 0.672. The summed E-state index contributed by atoms with van der Waals surface area (Å²) >= 11 is 0. The second kappa shape index (κ2) is 6.95. The molecule has 0 spiro atoms. The summed E-state index contributed by atoms with van der Waals surface area (Å²) in [5, 5.41) is 14.9. The SMILES string of the molecule is CCC(NC(=O)NCC(C)(C)CO)C1CCCO1. The lowest BCUT2D eigenvalue weighted by atomic mass is 9.95. The Hall–Kier alpha value is -0.810. The van der Waals surface area contributed by atoms with Crippen molar-refractivity contribution in [3.8, 4) is 0 Å². The molecule has 0 bridgehead atoms. The maximum absolute atomic E-state index is 11.8. The van der Waals surface area contributed by atoms with E-state index >= 15 is 0 Å². The van der Waals surface area contributed by atoms with Gasteiger partial charge in [0.25, 0.3) is 0 Å². The molecule has 5 heteroatoms. The summed E-state index contributed by atoms with van der Waals surface area (Å²) in [6.45, 7) is 7.16. The number of hydrogen-bond acceptors (Lipinski definition) is 3. The van der Waals surface area contributed by atoms with Gasteiger partial charge >= 0.3 is 6.03 Å². The van der Waals surface area contributed by atoms with Crippen molar-refractivity contribution in [3.05, 3.63) is 0 Å². The lowest BCUT2D eigenvalue weighted by Crippen LogP contribution is -2.49. The van der Waals surface area contributed by atoms with Crippen LogP contribution in [0.25, 0.3) is 0 Å². The van der Waals surface area contributed by atoms with Crippen LogP contribution in [-0.4, -0.2) is 43.0 Å². The Labute approximate surface area is 109 Å². The molecule has 1 aliphatic rings. The van der Waals surface area contributed by atoms with E-state index in [0.717, 1.165) is 25.9 Å². The van der Waals surface area contributed by atoms with E-state index in [0.29, 0.717) is 6.54 Å². The van der Waals surface area contributed by atoms with Gasteiger partial charge in [-0.05, 0) is 19.3 Å². The number of carbonyl (C=O) groups is 1. The van der Waals surface area contributed by atoms with E-state index in [2.05, 4.69) is 10.6 Å².